The number of hydrogen-bond donors (Lipinski definition) is 1. The van der Waals surface area contributed by atoms with Crippen molar-refractivity contribution < 1.29 is 4.74 Å². The number of nitrogens with one attached hydrogen (secondary N) is 1. The predicted molar refractivity (Wildman–Crippen MR) is 120 cm³/mol. The second kappa shape index (κ2) is 8.05. The van der Waals surface area contributed by atoms with Crippen LogP contribution in [0.5, 0.6) is 0 Å². The highest BCUT2D eigenvalue weighted by molar-refractivity contribution is 5.37. The average molecular weight is 419 g/mol. The molecular weight excluding hydrogens is 388 g/mol. The summed E-state index contributed by atoms with van der Waals surface area (Å²) in [5.74, 6) is 0.675. The SMILES string of the molecule is Cc1cc(C)cc(CN2CC[C@@]3(COCc4cnc(NCc5cncn5C)nc43)C2)c1. The van der Waals surface area contributed by atoms with E-state index < -0.39 is 0 Å². The molecule has 162 valence electrons. The highest BCUT2D eigenvalue weighted by Gasteiger charge is 2.44. The molecular formula is C24H30N6O. The molecule has 2 aromatic heterocycles. The van der Waals surface area contributed by atoms with Crippen LogP contribution in [-0.2, 0) is 36.9 Å². The van der Waals surface area contributed by atoms with Crippen molar-refractivity contribution in [2.24, 2.45) is 7.05 Å². The molecule has 2 aliphatic heterocycles. The molecule has 0 unspecified atom stereocenters. The van der Waals surface area contributed by atoms with Crippen molar-refractivity contribution in [1.29, 1.82) is 0 Å². The van der Waals surface area contributed by atoms with Gasteiger partial charge in [-0.15, -0.1) is 0 Å². The van der Waals surface area contributed by atoms with Gasteiger partial charge in [0.15, 0.2) is 0 Å². The van der Waals surface area contributed by atoms with Crippen LogP contribution in [0.2, 0.25) is 0 Å². The van der Waals surface area contributed by atoms with Crippen LogP contribution >= 0.6 is 0 Å². The van der Waals surface area contributed by atoms with Crippen molar-refractivity contribution in [3.63, 3.8) is 0 Å². The van der Waals surface area contributed by atoms with Gasteiger partial charge in [0.25, 0.3) is 0 Å². The van der Waals surface area contributed by atoms with E-state index in [4.69, 9.17) is 9.72 Å². The van der Waals surface area contributed by atoms with Gasteiger partial charge in [0.1, 0.15) is 0 Å². The Bertz CT molecular complexity index is 1070. The predicted octanol–water partition coefficient (Wildman–Crippen LogP) is 3.11. The molecule has 5 rings (SSSR count). The van der Waals surface area contributed by atoms with Gasteiger partial charge < -0.3 is 14.6 Å². The lowest BCUT2D eigenvalue weighted by atomic mass is 9.80. The van der Waals surface area contributed by atoms with Crippen LogP contribution in [-0.4, -0.2) is 44.1 Å². The minimum atomic E-state index is -0.0572. The third-order valence-corrected chi connectivity index (χ3v) is 6.47. The van der Waals surface area contributed by atoms with E-state index in [1.807, 2.05) is 24.0 Å². The van der Waals surface area contributed by atoms with Gasteiger partial charge in [0, 0.05) is 38.1 Å². The van der Waals surface area contributed by atoms with E-state index in [1.54, 1.807) is 6.33 Å². The van der Waals surface area contributed by atoms with Gasteiger partial charge in [-0.1, -0.05) is 29.3 Å². The summed E-state index contributed by atoms with van der Waals surface area (Å²) >= 11 is 0. The van der Waals surface area contributed by atoms with Gasteiger partial charge in [-0.3, -0.25) is 4.90 Å². The van der Waals surface area contributed by atoms with Crippen molar-refractivity contribution >= 4 is 5.95 Å². The van der Waals surface area contributed by atoms with E-state index in [-0.39, 0.29) is 5.41 Å². The third kappa shape index (κ3) is 4.07. The zero-order valence-corrected chi connectivity index (χ0v) is 18.6. The molecule has 2 aliphatic rings. The zero-order valence-electron chi connectivity index (χ0n) is 18.6. The summed E-state index contributed by atoms with van der Waals surface area (Å²) in [6, 6.07) is 6.83. The molecule has 0 saturated carbocycles. The van der Waals surface area contributed by atoms with E-state index in [0.29, 0.717) is 19.1 Å². The Balaban J connectivity index is 1.34. The fourth-order valence-corrected chi connectivity index (χ4v) is 5.03. The highest BCUT2D eigenvalue weighted by atomic mass is 16.5. The first-order valence-electron chi connectivity index (χ1n) is 10.9. The topological polar surface area (TPSA) is 68.1 Å². The van der Waals surface area contributed by atoms with E-state index in [2.05, 4.69) is 52.2 Å². The Morgan fingerprint density at radius 3 is 2.77 bits per heavy atom. The number of aromatic nitrogens is 4. The number of aryl methyl sites for hydroxylation is 3. The van der Waals surface area contributed by atoms with Crippen molar-refractivity contribution in [1.82, 2.24) is 24.4 Å². The lowest BCUT2D eigenvalue weighted by Gasteiger charge is -2.34. The minimum absolute atomic E-state index is 0.0572. The number of imidazole rings is 1. The molecule has 0 bridgehead atoms. The first kappa shape index (κ1) is 20.2. The summed E-state index contributed by atoms with van der Waals surface area (Å²) in [5, 5.41) is 3.37. The van der Waals surface area contributed by atoms with Crippen LogP contribution in [0.1, 0.15) is 40.1 Å². The molecule has 1 atom stereocenters. The van der Waals surface area contributed by atoms with Crippen LogP contribution in [0.15, 0.2) is 36.9 Å². The first-order valence-corrected chi connectivity index (χ1v) is 10.9. The maximum atomic E-state index is 6.01. The maximum Gasteiger partial charge on any atom is 0.223 e. The maximum absolute atomic E-state index is 6.01. The van der Waals surface area contributed by atoms with Gasteiger partial charge in [0.05, 0.1) is 42.9 Å². The number of hydrogen-bond acceptors (Lipinski definition) is 6. The summed E-state index contributed by atoms with van der Waals surface area (Å²) in [6.07, 6.45) is 6.66. The summed E-state index contributed by atoms with van der Waals surface area (Å²) in [7, 11) is 1.99. The van der Waals surface area contributed by atoms with E-state index in [1.165, 1.54) is 16.7 Å². The van der Waals surface area contributed by atoms with Crippen LogP contribution in [0.3, 0.4) is 0 Å². The molecule has 1 N–H and O–H groups in total. The quantitative estimate of drug-likeness (QED) is 0.687. The molecule has 0 aliphatic carbocycles. The summed E-state index contributed by atoms with van der Waals surface area (Å²) in [6.45, 7) is 9.29. The minimum Gasteiger partial charge on any atom is -0.376 e. The van der Waals surface area contributed by atoms with E-state index in [9.17, 15) is 0 Å². The number of ether oxygens (including phenoxy) is 1. The number of benzene rings is 1. The molecule has 7 heteroatoms. The lowest BCUT2D eigenvalue weighted by Crippen LogP contribution is -2.40. The van der Waals surface area contributed by atoms with Gasteiger partial charge >= 0.3 is 0 Å². The van der Waals surface area contributed by atoms with Crippen LogP contribution in [0.4, 0.5) is 5.95 Å². The molecule has 7 nitrogen and oxygen atoms in total. The Hall–Kier alpha value is -2.77. The van der Waals surface area contributed by atoms with E-state index >= 15 is 0 Å². The van der Waals surface area contributed by atoms with Gasteiger partial charge in [-0.2, -0.15) is 0 Å². The molecule has 1 spiro atoms. The van der Waals surface area contributed by atoms with Gasteiger partial charge in [-0.25, -0.2) is 15.0 Å². The van der Waals surface area contributed by atoms with Crippen LogP contribution in [0, 0.1) is 13.8 Å². The summed E-state index contributed by atoms with van der Waals surface area (Å²) in [4.78, 5) is 16.2. The molecule has 3 aromatic rings. The highest BCUT2D eigenvalue weighted by Crippen LogP contribution is 2.39. The Morgan fingerprint density at radius 2 is 2.00 bits per heavy atom. The Labute approximate surface area is 183 Å². The number of likely N-dealkylation sites (tertiary alicyclic amines) is 1. The number of anilines is 1. The standard InChI is InChI=1S/C24H30N6O/c1-17-6-18(2)8-19(7-17)12-30-5-4-24(14-30)15-31-13-20-9-26-23(28-22(20)24)27-11-21-10-25-16-29(21)3/h6-10,16H,4-5,11-15H2,1-3H3,(H,26,27,28)/t24-/m0/s1. The summed E-state index contributed by atoms with van der Waals surface area (Å²) < 4.78 is 8.01. The fraction of sp³-hybridized carbons (Fsp3) is 0.458. The molecule has 31 heavy (non-hydrogen) atoms. The molecule has 1 saturated heterocycles. The molecule has 4 heterocycles. The van der Waals surface area contributed by atoms with Gasteiger partial charge in [0.2, 0.25) is 5.95 Å². The van der Waals surface area contributed by atoms with Crippen molar-refractivity contribution in [3.8, 4) is 0 Å². The second-order valence-corrected chi connectivity index (χ2v) is 9.15. The number of rotatable bonds is 5. The Morgan fingerprint density at radius 1 is 1.16 bits per heavy atom. The molecule has 0 radical (unpaired) electrons. The fourth-order valence-electron chi connectivity index (χ4n) is 5.03. The van der Waals surface area contributed by atoms with Crippen molar-refractivity contribution in [3.05, 3.63) is 70.6 Å². The molecule has 1 aromatic carbocycles. The van der Waals surface area contributed by atoms with Crippen molar-refractivity contribution in [2.45, 2.75) is 45.4 Å². The number of nitrogens with zero attached hydrogens (tertiary/aromatic N) is 5. The monoisotopic (exact) mass is 418 g/mol. The van der Waals surface area contributed by atoms with Crippen LogP contribution in [0.25, 0.3) is 0 Å². The normalized spacial score (nSPS) is 20.9. The second-order valence-electron chi connectivity index (χ2n) is 9.15. The van der Waals surface area contributed by atoms with Crippen molar-refractivity contribution in [2.75, 3.05) is 25.0 Å². The molecule has 0 amide bonds. The van der Waals surface area contributed by atoms with E-state index in [0.717, 1.165) is 49.6 Å². The largest absolute Gasteiger partial charge is 0.376 e. The number of fused-ring (bicyclic) bond motifs is 2. The summed E-state index contributed by atoms with van der Waals surface area (Å²) in [5.41, 5.74) is 7.35. The average Bonchev–Trinajstić information content (AvgIpc) is 3.32. The lowest BCUT2D eigenvalue weighted by molar-refractivity contribution is 0.0503. The molecule has 1 fully saturated rings. The smallest absolute Gasteiger partial charge is 0.223 e. The third-order valence-electron chi connectivity index (χ3n) is 6.47. The first-order chi connectivity index (χ1) is 15.0. The zero-order chi connectivity index (χ0) is 21.4. The van der Waals surface area contributed by atoms with Crippen LogP contribution < -0.4 is 5.32 Å². The van der Waals surface area contributed by atoms with Gasteiger partial charge in [-0.05, 0) is 32.4 Å². The Kier molecular flexibility index (Phi) is 5.24.